The number of esters is 1. The molecule has 0 heterocycles. The highest BCUT2D eigenvalue weighted by Gasteiger charge is 2.13. The van der Waals surface area contributed by atoms with Gasteiger partial charge in [-0.1, -0.05) is 17.7 Å². The lowest BCUT2D eigenvalue weighted by Gasteiger charge is -2.08. The van der Waals surface area contributed by atoms with Crippen LogP contribution in [0.2, 0.25) is 5.02 Å². The molecule has 0 aromatic heterocycles. The van der Waals surface area contributed by atoms with Gasteiger partial charge in [0.25, 0.3) is 5.91 Å². The Labute approximate surface area is 155 Å². The maximum Gasteiger partial charge on any atom is 0.306 e. The van der Waals surface area contributed by atoms with Crippen LogP contribution >= 0.6 is 11.6 Å². The average molecular weight is 378 g/mol. The summed E-state index contributed by atoms with van der Waals surface area (Å²) in [6, 6.07) is 10.2. The van der Waals surface area contributed by atoms with Crippen molar-refractivity contribution in [3.63, 3.8) is 0 Å². The van der Waals surface area contributed by atoms with Gasteiger partial charge in [-0.05, 0) is 48.9 Å². The normalized spacial score (nSPS) is 10.3. The van der Waals surface area contributed by atoms with Gasteiger partial charge in [0.05, 0.1) is 17.1 Å². The van der Waals surface area contributed by atoms with Crippen molar-refractivity contribution >= 4 is 34.9 Å². The lowest BCUT2D eigenvalue weighted by atomic mass is 10.1. The number of halogens is 2. The Morgan fingerprint density at radius 3 is 2.42 bits per heavy atom. The van der Waals surface area contributed by atoms with Gasteiger partial charge in [-0.2, -0.15) is 0 Å². The van der Waals surface area contributed by atoms with E-state index in [1.54, 1.807) is 18.2 Å². The van der Waals surface area contributed by atoms with Crippen LogP contribution in [0.25, 0.3) is 0 Å². The summed E-state index contributed by atoms with van der Waals surface area (Å²) in [5.74, 6) is -1.96. The van der Waals surface area contributed by atoms with Crippen LogP contribution in [0, 0.1) is 12.7 Å². The van der Waals surface area contributed by atoms with Crippen molar-refractivity contribution in [3.8, 4) is 0 Å². The van der Waals surface area contributed by atoms with Crippen molar-refractivity contribution in [1.29, 1.82) is 0 Å². The number of hydrogen-bond donors (Lipinski definition) is 1. The topological polar surface area (TPSA) is 72.5 Å². The molecule has 0 fully saturated rings. The number of Topliss-reactive ketones (excluding diaryl/α,β-unsaturated/α-hetero) is 1. The Hall–Kier alpha value is -2.73. The molecule has 0 atom stereocenters. The Bertz CT molecular complexity index is 821. The molecule has 1 N–H and O–H groups in total. The fourth-order valence-electron chi connectivity index (χ4n) is 2.12. The van der Waals surface area contributed by atoms with Crippen molar-refractivity contribution in [2.24, 2.45) is 0 Å². The Morgan fingerprint density at radius 2 is 1.77 bits per heavy atom. The second-order valence-electron chi connectivity index (χ2n) is 5.62. The second-order valence-corrected chi connectivity index (χ2v) is 6.03. The van der Waals surface area contributed by atoms with E-state index in [-0.39, 0.29) is 18.6 Å². The molecule has 1 amide bonds. The number of hydrogen-bond acceptors (Lipinski definition) is 4. The number of ether oxygens (including phenoxy) is 1. The second kappa shape index (κ2) is 9.10. The zero-order valence-corrected chi connectivity index (χ0v) is 14.8. The molecule has 0 saturated heterocycles. The highest BCUT2D eigenvalue weighted by molar-refractivity contribution is 6.33. The number of ketones is 1. The summed E-state index contributed by atoms with van der Waals surface area (Å²) in [4.78, 5) is 35.3. The van der Waals surface area contributed by atoms with Gasteiger partial charge in [0.15, 0.2) is 12.4 Å². The van der Waals surface area contributed by atoms with E-state index in [1.165, 1.54) is 24.3 Å². The van der Waals surface area contributed by atoms with E-state index in [9.17, 15) is 18.8 Å². The maximum absolute atomic E-state index is 12.8. The number of aryl methyl sites for hydroxylation is 1. The third kappa shape index (κ3) is 5.97. The standard InChI is InChI=1S/C19H17ClFNO4/c1-12-2-7-16(15(20)10-12)22-18(24)11-26-19(25)9-8-17(23)13-3-5-14(21)6-4-13/h2-7,10H,8-9,11H2,1H3,(H,22,24). The van der Waals surface area contributed by atoms with Crippen LogP contribution in [0.4, 0.5) is 10.1 Å². The van der Waals surface area contributed by atoms with Crippen molar-refractivity contribution in [1.82, 2.24) is 0 Å². The van der Waals surface area contributed by atoms with Gasteiger partial charge in [0.2, 0.25) is 0 Å². The minimum absolute atomic E-state index is 0.0874. The molecule has 26 heavy (non-hydrogen) atoms. The Morgan fingerprint density at radius 1 is 1.08 bits per heavy atom. The van der Waals surface area contributed by atoms with Gasteiger partial charge in [-0.3, -0.25) is 14.4 Å². The van der Waals surface area contributed by atoms with Crippen LogP contribution in [0.5, 0.6) is 0 Å². The average Bonchev–Trinajstić information content (AvgIpc) is 2.61. The summed E-state index contributed by atoms with van der Waals surface area (Å²) in [6.07, 6.45) is -0.259. The maximum atomic E-state index is 12.8. The fourth-order valence-corrected chi connectivity index (χ4v) is 2.40. The first-order chi connectivity index (χ1) is 12.3. The summed E-state index contributed by atoms with van der Waals surface area (Å²) in [5.41, 5.74) is 1.68. The van der Waals surface area contributed by atoms with Crippen molar-refractivity contribution in [2.75, 3.05) is 11.9 Å². The van der Waals surface area contributed by atoms with Gasteiger partial charge in [-0.25, -0.2) is 4.39 Å². The summed E-state index contributed by atoms with van der Waals surface area (Å²) in [7, 11) is 0. The predicted octanol–water partition coefficient (Wildman–Crippen LogP) is 3.93. The summed E-state index contributed by atoms with van der Waals surface area (Å²) < 4.78 is 17.6. The summed E-state index contributed by atoms with van der Waals surface area (Å²) >= 11 is 6.01. The van der Waals surface area contributed by atoms with Gasteiger partial charge < -0.3 is 10.1 Å². The molecule has 0 saturated carbocycles. The van der Waals surface area contributed by atoms with E-state index in [2.05, 4.69) is 5.32 Å². The van der Waals surface area contributed by atoms with Gasteiger partial charge in [0, 0.05) is 12.0 Å². The Kier molecular flexibility index (Phi) is 6.86. The van der Waals surface area contributed by atoms with E-state index >= 15 is 0 Å². The SMILES string of the molecule is Cc1ccc(NC(=O)COC(=O)CCC(=O)c2ccc(F)cc2)c(Cl)c1. The van der Waals surface area contributed by atoms with E-state index in [0.29, 0.717) is 16.3 Å². The highest BCUT2D eigenvalue weighted by Crippen LogP contribution is 2.22. The largest absolute Gasteiger partial charge is 0.456 e. The van der Waals surface area contributed by atoms with E-state index < -0.39 is 24.3 Å². The van der Waals surface area contributed by atoms with Gasteiger partial charge in [-0.15, -0.1) is 0 Å². The molecule has 5 nitrogen and oxygen atoms in total. The van der Waals surface area contributed by atoms with Crippen LogP contribution in [-0.4, -0.2) is 24.3 Å². The van der Waals surface area contributed by atoms with Crippen molar-refractivity contribution in [3.05, 3.63) is 64.4 Å². The number of carbonyl (C=O) groups is 3. The first kappa shape index (κ1) is 19.6. The number of amides is 1. The first-order valence-corrected chi connectivity index (χ1v) is 8.23. The van der Waals surface area contributed by atoms with Crippen LogP contribution < -0.4 is 5.32 Å². The molecule has 2 rings (SSSR count). The molecule has 0 radical (unpaired) electrons. The molecule has 7 heteroatoms. The zero-order valence-electron chi connectivity index (χ0n) is 14.1. The molecule has 0 aliphatic heterocycles. The highest BCUT2D eigenvalue weighted by atomic mass is 35.5. The number of rotatable bonds is 7. The molecular formula is C19H17ClFNO4. The lowest BCUT2D eigenvalue weighted by molar-refractivity contribution is -0.147. The predicted molar refractivity (Wildman–Crippen MR) is 95.7 cm³/mol. The van der Waals surface area contributed by atoms with Crippen molar-refractivity contribution < 1.29 is 23.5 Å². The molecule has 0 aliphatic carbocycles. The van der Waals surface area contributed by atoms with Crippen LogP contribution in [-0.2, 0) is 14.3 Å². The molecule has 0 aliphatic rings. The van der Waals surface area contributed by atoms with Crippen LogP contribution in [0.15, 0.2) is 42.5 Å². The van der Waals surface area contributed by atoms with Crippen LogP contribution in [0.1, 0.15) is 28.8 Å². The van der Waals surface area contributed by atoms with E-state index in [4.69, 9.17) is 16.3 Å². The van der Waals surface area contributed by atoms with E-state index in [1.807, 2.05) is 6.92 Å². The molecule has 2 aromatic carbocycles. The number of anilines is 1. The number of benzene rings is 2. The zero-order chi connectivity index (χ0) is 19.1. The third-order valence-electron chi connectivity index (χ3n) is 3.49. The minimum Gasteiger partial charge on any atom is -0.456 e. The molecular weight excluding hydrogens is 361 g/mol. The summed E-state index contributed by atoms with van der Waals surface area (Å²) in [5, 5.41) is 2.92. The quantitative estimate of drug-likeness (QED) is 0.586. The van der Waals surface area contributed by atoms with Gasteiger partial charge in [0.1, 0.15) is 5.82 Å². The summed E-state index contributed by atoms with van der Waals surface area (Å²) in [6.45, 7) is 1.39. The molecule has 2 aromatic rings. The third-order valence-corrected chi connectivity index (χ3v) is 3.80. The van der Waals surface area contributed by atoms with Crippen LogP contribution in [0.3, 0.4) is 0 Å². The number of nitrogens with one attached hydrogen (secondary N) is 1. The monoisotopic (exact) mass is 377 g/mol. The molecule has 0 unspecified atom stereocenters. The molecule has 0 spiro atoms. The van der Waals surface area contributed by atoms with E-state index in [0.717, 1.165) is 5.56 Å². The lowest BCUT2D eigenvalue weighted by Crippen LogP contribution is -2.21. The smallest absolute Gasteiger partial charge is 0.306 e. The molecule has 0 bridgehead atoms. The van der Waals surface area contributed by atoms with Crippen molar-refractivity contribution in [2.45, 2.75) is 19.8 Å². The fraction of sp³-hybridized carbons (Fsp3) is 0.211. The molecule has 136 valence electrons. The minimum atomic E-state index is -0.675. The first-order valence-electron chi connectivity index (χ1n) is 7.85. The number of carbonyl (C=O) groups excluding carboxylic acids is 3. The van der Waals surface area contributed by atoms with Gasteiger partial charge >= 0.3 is 5.97 Å². The Balaban J connectivity index is 1.74.